The van der Waals surface area contributed by atoms with Crippen molar-refractivity contribution in [3.05, 3.63) is 45.6 Å². The van der Waals surface area contributed by atoms with E-state index < -0.39 is 5.82 Å². The van der Waals surface area contributed by atoms with Crippen LogP contribution < -0.4 is 5.73 Å². The minimum absolute atomic E-state index is 0.00886. The van der Waals surface area contributed by atoms with Crippen molar-refractivity contribution in [2.75, 3.05) is 5.73 Å². The predicted molar refractivity (Wildman–Crippen MR) is 76.5 cm³/mol. The quantitative estimate of drug-likeness (QED) is 0.656. The van der Waals surface area contributed by atoms with E-state index in [0.29, 0.717) is 28.2 Å². The maximum absolute atomic E-state index is 13.4. The summed E-state index contributed by atoms with van der Waals surface area (Å²) >= 11 is 9.05. The second-order valence-electron chi connectivity index (χ2n) is 3.95. The van der Waals surface area contributed by atoms with E-state index in [9.17, 15) is 4.39 Å². The van der Waals surface area contributed by atoms with E-state index in [1.807, 2.05) is 12.1 Å². The van der Waals surface area contributed by atoms with Gasteiger partial charge in [-0.25, -0.2) is 9.37 Å². The Morgan fingerprint density at radius 3 is 2.89 bits per heavy atom. The predicted octanol–water partition coefficient (Wildman–Crippen LogP) is 4.63. The zero-order chi connectivity index (χ0) is 13.6. The summed E-state index contributed by atoms with van der Waals surface area (Å²) in [5.74, 6) is -0.213. The molecule has 3 aromatic rings. The highest BCUT2D eigenvalue weighted by Crippen LogP contribution is 2.33. The van der Waals surface area contributed by atoms with Gasteiger partial charge in [-0.1, -0.05) is 17.7 Å². The zero-order valence-corrected chi connectivity index (χ0v) is 11.8. The van der Waals surface area contributed by atoms with Gasteiger partial charge in [0.2, 0.25) is 5.89 Å². The van der Waals surface area contributed by atoms with E-state index in [4.69, 9.17) is 21.8 Å². The molecule has 0 saturated heterocycles. The fourth-order valence-corrected chi connectivity index (χ4v) is 2.29. The molecule has 0 radical (unpaired) electrons. The van der Waals surface area contributed by atoms with Crippen LogP contribution in [0.2, 0.25) is 5.02 Å². The lowest BCUT2D eigenvalue weighted by Gasteiger charge is -2.02. The Morgan fingerprint density at radius 2 is 2.11 bits per heavy atom. The molecule has 0 amide bonds. The minimum Gasteiger partial charge on any atom is -0.436 e. The Morgan fingerprint density at radius 1 is 1.32 bits per heavy atom. The van der Waals surface area contributed by atoms with E-state index in [0.717, 1.165) is 4.47 Å². The summed E-state index contributed by atoms with van der Waals surface area (Å²) in [6.07, 6.45) is 0. The molecule has 1 heterocycles. The molecule has 2 N–H and O–H groups in total. The summed E-state index contributed by atoms with van der Waals surface area (Å²) in [5.41, 5.74) is 7.92. The van der Waals surface area contributed by atoms with Crippen molar-refractivity contribution >= 4 is 44.3 Å². The number of nitrogens with two attached hydrogens (primary N) is 1. The van der Waals surface area contributed by atoms with Crippen LogP contribution in [0.15, 0.2) is 39.2 Å². The van der Waals surface area contributed by atoms with Gasteiger partial charge in [0.15, 0.2) is 5.58 Å². The van der Waals surface area contributed by atoms with E-state index >= 15 is 0 Å². The molecule has 1 aromatic heterocycles. The first-order valence-electron chi connectivity index (χ1n) is 5.36. The number of halogens is 3. The first kappa shape index (κ1) is 12.4. The van der Waals surface area contributed by atoms with Crippen molar-refractivity contribution in [1.29, 1.82) is 0 Å². The molecule has 0 atom stereocenters. The van der Waals surface area contributed by atoms with Crippen molar-refractivity contribution in [1.82, 2.24) is 4.98 Å². The molecule has 0 aliphatic rings. The SMILES string of the molecule is Nc1c(Br)cccc1-c1nc2cc(Cl)c(F)cc2o1. The number of nitrogen functional groups attached to an aromatic ring is 1. The second kappa shape index (κ2) is 4.51. The lowest BCUT2D eigenvalue weighted by atomic mass is 10.2. The Labute approximate surface area is 121 Å². The highest BCUT2D eigenvalue weighted by molar-refractivity contribution is 9.10. The third-order valence-corrected chi connectivity index (χ3v) is 3.69. The molecule has 0 bridgehead atoms. The van der Waals surface area contributed by atoms with Gasteiger partial charge in [-0.05, 0) is 34.1 Å². The maximum Gasteiger partial charge on any atom is 0.229 e. The fourth-order valence-electron chi connectivity index (χ4n) is 1.76. The lowest BCUT2D eigenvalue weighted by Crippen LogP contribution is -1.91. The normalized spacial score (nSPS) is 11.1. The maximum atomic E-state index is 13.4. The third-order valence-electron chi connectivity index (χ3n) is 2.71. The molecule has 0 aliphatic carbocycles. The topological polar surface area (TPSA) is 52.0 Å². The molecule has 19 heavy (non-hydrogen) atoms. The van der Waals surface area contributed by atoms with Crippen LogP contribution in [-0.4, -0.2) is 4.98 Å². The van der Waals surface area contributed by atoms with Gasteiger partial charge in [0.1, 0.15) is 11.3 Å². The monoisotopic (exact) mass is 340 g/mol. The van der Waals surface area contributed by atoms with Gasteiger partial charge in [0, 0.05) is 10.5 Å². The number of hydrogen-bond donors (Lipinski definition) is 1. The van der Waals surface area contributed by atoms with Gasteiger partial charge in [-0.2, -0.15) is 0 Å². The van der Waals surface area contributed by atoms with Crippen LogP contribution in [0.4, 0.5) is 10.1 Å². The Kier molecular flexibility index (Phi) is 2.95. The number of aromatic nitrogens is 1. The van der Waals surface area contributed by atoms with E-state index in [-0.39, 0.29) is 5.02 Å². The second-order valence-corrected chi connectivity index (χ2v) is 5.22. The van der Waals surface area contributed by atoms with Gasteiger partial charge in [0.05, 0.1) is 16.3 Å². The van der Waals surface area contributed by atoms with Gasteiger partial charge in [0.25, 0.3) is 0 Å². The van der Waals surface area contributed by atoms with Crippen molar-refractivity contribution in [3.8, 4) is 11.5 Å². The molecule has 0 unspecified atom stereocenters. The van der Waals surface area contributed by atoms with Crippen molar-refractivity contribution in [3.63, 3.8) is 0 Å². The van der Waals surface area contributed by atoms with Crippen LogP contribution in [0.5, 0.6) is 0 Å². The number of hydrogen-bond acceptors (Lipinski definition) is 3. The van der Waals surface area contributed by atoms with Crippen molar-refractivity contribution < 1.29 is 8.81 Å². The molecule has 0 spiro atoms. The average Bonchev–Trinajstić information content (AvgIpc) is 2.76. The van der Waals surface area contributed by atoms with Crippen LogP contribution in [0.25, 0.3) is 22.6 Å². The fraction of sp³-hybridized carbons (Fsp3) is 0. The van der Waals surface area contributed by atoms with E-state index in [1.54, 1.807) is 6.07 Å². The highest BCUT2D eigenvalue weighted by atomic mass is 79.9. The number of fused-ring (bicyclic) bond motifs is 1. The Hall–Kier alpha value is -1.59. The Balaban J connectivity index is 2.23. The number of nitrogens with zero attached hydrogens (tertiary/aromatic N) is 1. The highest BCUT2D eigenvalue weighted by Gasteiger charge is 2.14. The molecule has 6 heteroatoms. The van der Waals surface area contributed by atoms with Crippen molar-refractivity contribution in [2.24, 2.45) is 0 Å². The van der Waals surface area contributed by atoms with Crippen molar-refractivity contribution in [2.45, 2.75) is 0 Å². The lowest BCUT2D eigenvalue weighted by molar-refractivity contribution is 0.603. The number of rotatable bonds is 1. The van der Waals surface area contributed by atoms with Crippen LogP contribution in [0.3, 0.4) is 0 Å². The summed E-state index contributed by atoms with van der Waals surface area (Å²) in [6.45, 7) is 0. The number of anilines is 1. The molecule has 3 rings (SSSR count). The smallest absolute Gasteiger partial charge is 0.229 e. The number of benzene rings is 2. The van der Waals surface area contributed by atoms with Crippen LogP contribution in [0.1, 0.15) is 0 Å². The molecule has 2 aromatic carbocycles. The largest absolute Gasteiger partial charge is 0.436 e. The number of para-hydroxylation sites is 1. The molecule has 3 nitrogen and oxygen atoms in total. The molecule has 0 saturated carbocycles. The van der Waals surface area contributed by atoms with E-state index in [2.05, 4.69) is 20.9 Å². The summed E-state index contributed by atoms with van der Waals surface area (Å²) < 4.78 is 19.6. The summed E-state index contributed by atoms with van der Waals surface area (Å²) in [6, 6.07) is 8.05. The third kappa shape index (κ3) is 2.09. The van der Waals surface area contributed by atoms with Gasteiger partial charge >= 0.3 is 0 Å². The summed E-state index contributed by atoms with van der Waals surface area (Å²) in [5, 5.41) is 0.00886. The standard InChI is InChI=1S/C13H7BrClFN2O/c14-7-3-1-2-6(12(7)17)13-18-10-4-8(15)9(16)5-11(10)19-13/h1-5H,17H2. The summed E-state index contributed by atoms with van der Waals surface area (Å²) in [7, 11) is 0. The van der Waals surface area contributed by atoms with Gasteiger partial charge in [-0.3, -0.25) is 0 Å². The molecule has 0 fully saturated rings. The molecular formula is C13H7BrClFN2O. The van der Waals surface area contributed by atoms with Gasteiger partial charge in [-0.15, -0.1) is 0 Å². The number of oxazole rings is 1. The van der Waals surface area contributed by atoms with E-state index in [1.165, 1.54) is 12.1 Å². The molecule has 96 valence electrons. The van der Waals surface area contributed by atoms with Crippen LogP contribution >= 0.6 is 27.5 Å². The first-order valence-corrected chi connectivity index (χ1v) is 6.53. The van der Waals surface area contributed by atoms with Crippen LogP contribution in [0, 0.1) is 5.82 Å². The summed E-state index contributed by atoms with van der Waals surface area (Å²) in [4.78, 5) is 4.27. The Bertz CT molecular complexity index is 749. The minimum atomic E-state index is -0.543. The molecule has 0 aliphatic heterocycles. The zero-order valence-electron chi connectivity index (χ0n) is 9.45. The van der Waals surface area contributed by atoms with Crippen LogP contribution in [-0.2, 0) is 0 Å². The average molecular weight is 342 g/mol. The molecular weight excluding hydrogens is 335 g/mol. The first-order chi connectivity index (χ1) is 9.06. The van der Waals surface area contributed by atoms with Gasteiger partial charge < -0.3 is 10.2 Å².